The van der Waals surface area contributed by atoms with Crippen LogP contribution in [-0.4, -0.2) is 50.3 Å². The third-order valence-electron chi connectivity index (χ3n) is 5.13. The second-order valence-corrected chi connectivity index (χ2v) is 7.21. The number of halogens is 2. The zero-order chi connectivity index (χ0) is 22.1. The molecule has 1 aliphatic rings. The Balaban J connectivity index is 1.74. The molecule has 0 amide bonds. The van der Waals surface area contributed by atoms with Crippen molar-refractivity contribution < 1.29 is 13.5 Å². The van der Waals surface area contributed by atoms with Crippen LogP contribution in [0.2, 0.25) is 0 Å². The average Bonchev–Trinajstić information content (AvgIpc) is 2.80. The van der Waals surface area contributed by atoms with Gasteiger partial charge in [-0.25, -0.2) is 13.8 Å². The first-order chi connectivity index (χ1) is 15.1. The van der Waals surface area contributed by atoms with Crippen LogP contribution in [0.3, 0.4) is 0 Å². The molecular weight excluding hydrogens is 400 g/mol. The molecule has 2 N–H and O–H groups in total. The minimum Gasteiger partial charge on any atom is -0.379 e. The van der Waals surface area contributed by atoms with Gasteiger partial charge in [-0.3, -0.25) is 4.90 Å². The Hall–Kier alpha value is -3.02. The molecule has 2 aromatic carbocycles. The maximum absolute atomic E-state index is 14.1. The van der Waals surface area contributed by atoms with E-state index in [1.54, 1.807) is 12.1 Å². The second kappa shape index (κ2) is 11.4. The number of hydrogen-bond acceptors (Lipinski definition) is 4. The van der Waals surface area contributed by atoms with Crippen LogP contribution < -0.4 is 10.6 Å². The first-order valence-electron chi connectivity index (χ1n) is 10.4. The molecule has 164 valence electrons. The Labute approximate surface area is 181 Å². The van der Waals surface area contributed by atoms with Crippen molar-refractivity contribution in [3.05, 3.63) is 70.8 Å². The van der Waals surface area contributed by atoms with Crippen molar-refractivity contribution >= 4 is 5.96 Å². The number of hydrogen-bond donors (Lipinski definition) is 2. The van der Waals surface area contributed by atoms with Gasteiger partial charge < -0.3 is 15.4 Å². The minimum absolute atomic E-state index is 0.00649. The van der Waals surface area contributed by atoms with E-state index < -0.39 is 5.82 Å². The highest BCUT2D eigenvalue weighted by atomic mass is 19.1. The summed E-state index contributed by atoms with van der Waals surface area (Å²) in [4.78, 5) is 6.78. The van der Waals surface area contributed by atoms with Crippen LogP contribution in [-0.2, 0) is 11.3 Å². The van der Waals surface area contributed by atoms with Gasteiger partial charge in [-0.1, -0.05) is 12.1 Å². The predicted octanol–water partition coefficient (Wildman–Crippen LogP) is 2.97. The van der Waals surface area contributed by atoms with Crippen molar-refractivity contribution in [2.45, 2.75) is 19.5 Å². The highest BCUT2D eigenvalue weighted by molar-refractivity contribution is 5.79. The molecule has 0 bridgehead atoms. The van der Waals surface area contributed by atoms with Gasteiger partial charge in [0.15, 0.2) is 5.96 Å². The number of ether oxygens (including phenoxy) is 1. The van der Waals surface area contributed by atoms with Gasteiger partial charge in [0.05, 0.1) is 37.4 Å². The Morgan fingerprint density at radius 1 is 1.16 bits per heavy atom. The fraction of sp³-hybridized carbons (Fsp3) is 0.391. The molecule has 31 heavy (non-hydrogen) atoms. The number of nitrogens with zero attached hydrogens (tertiary/aromatic N) is 3. The van der Waals surface area contributed by atoms with Gasteiger partial charge in [-0.05, 0) is 42.8 Å². The summed E-state index contributed by atoms with van der Waals surface area (Å²) < 4.78 is 33.0. The predicted molar refractivity (Wildman–Crippen MR) is 115 cm³/mol. The average molecular weight is 427 g/mol. The van der Waals surface area contributed by atoms with Gasteiger partial charge in [0.1, 0.15) is 11.6 Å². The third kappa shape index (κ3) is 6.48. The van der Waals surface area contributed by atoms with Crippen molar-refractivity contribution in [3.63, 3.8) is 0 Å². The molecule has 1 saturated heterocycles. The van der Waals surface area contributed by atoms with E-state index in [4.69, 9.17) is 10.00 Å². The van der Waals surface area contributed by atoms with E-state index in [-0.39, 0.29) is 18.4 Å². The molecule has 2 aromatic rings. The maximum atomic E-state index is 14.1. The van der Waals surface area contributed by atoms with Crippen LogP contribution in [0, 0.1) is 23.0 Å². The largest absolute Gasteiger partial charge is 0.379 e. The molecule has 0 saturated carbocycles. The summed E-state index contributed by atoms with van der Waals surface area (Å²) in [5.41, 5.74) is 1.76. The zero-order valence-corrected chi connectivity index (χ0v) is 17.6. The molecule has 1 atom stereocenters. The summed E-state index contributed by atoms with van der Waals surface area (Å²) in [6, 6.07) is 12.8. The lowest BCUT2D eigenvalue weighted by atomic mass is 10.0. The lowest BCUT2D eigenvalue weighted by Gasteiger charge is -2.35. The highest BCUT2D eigenvalue weighted by Gasteiger charge is 2.23. The SMILES string of the molecule is CCNC(=NCc1cc(C#N)ccc1F)NCC(c1ccc(F)cc1)N1CCOCC1. The third-order valence-corrected chi connectivity index (χ3v) is 5.13. The van der Waals surface area contributed by atoms with Crippen molar-refractivity contribution in [1.82, 2.24) is 15.5 Å². The summed E-state index contributed by atoms with van der Waals surface area (Å²) in [5, 5.41) is 15.5. The minimum atomic E-state index is -0.392. The van der Waals surface area contributed by atoms with Gasteiger partial charge in [-0.15, -0.1) is 0 Å². The van der Waals surface area contributed by atoms with Crippen molar-refractivity contribution in [3.8, 4) is 6.07 Å². The van der Waals surface area contributed by atoms with Crippen LogP contribution in [0.15, 0.2) is 47.5 Å². The van der Waals surface area contributed by atoms with E-state index in [9.17, 15) is 8.78 Å². The van der Waals surface area contributed by atoms with Gasteiger partial charge >= 0.3 is 0 Å². The zero-order valence-electron chi connectivity index (χ0n) is 17.6. The fourth-order valence-corrected chi connectivity index (χ4v) is 3.50. The standard InChI is InChI=1S/C23H27F2N5O/c1-2-27-23(28-15-19-13-17(14-26)3-8-21(19)25)29-16-22(30-9-11-31-12-10-30)18-4-6-20(24)7-5-18/h3-8,13,22H,2,9-12,15-16H2,1H3,(H2,27,28,29). The summed E-state index contributed by atoms with van der Waals surface area (Å²) >= 11 is 0. The van der Waals surface area contributed by atoms with Crippen LogP contribution in [0.1, 0.15) is 29.7 Å². The number of benzene rings is 2. The molecule has 8 heteroatoms. The summed E-state index contributed by atoms with van der Waals surface area (Å²) in [7, 11) is 0. The van der Waals surface area contributed by atoms with Gasteiger partial charge in [-0.2, -0.15) is 5.26 Å². The molecule has 0 aromatic heterocycles. The van der Waals surface area contributed by atoms with E-state index in [0.717, 1.165) is 18.7 Å². The molecule has 0 radical (unpaired) electrons. The van der Waals surface area contributed by atoms with Crippen LogP contribution >= 0.6 is 0 Å². The van der Waals surface area contributed by atoms with E-state index in [2.05, 4.69) is 20.5 Å². The Kier molecular flexibility index (Phi) is 8.33. The number of morpholine rings is 1. The van der Waals surface area contributed by atoms with E-state index in [0.29, 0.717) is 43.4 Å². The lowest BCUT2D eigenvalue weighted by molar-refractivity contribution is 0.0170. The quantitative estimate of drug-likeness (QED) is 0.525. The number of guanidine groups is 1. The Bertz CT molecular complexity index is 921. The van der Waals surface area contributed by atoms with E-state index in [1.807, 2.05) is 13.0 Å². The molecule has 1 heterocycles. The molecule has 1 aliphatic heterocycles. The molecule has 3 rings (SSSR count). The van der Waals surface area contributed by atoms with Crippen LogP contribution in [0.25, 0.3) is 0 Å². The Morgan fingerprint density at radius 3 is 2.58 bits per heavy atom. The first kappa shape index (κ1) is 22.7. The van der Waals surface area contributed by atoms with Crippen molar-refractivity contribution in [1.29, 1.82) is 5.26 Å². The molecular formula is C23H27F2N5O. The Morgan fingerprint density at radius 2 is 1.90 bits per heavy atom. The topological polar surface area (TPSA) is 72.7 Å². The fourth-order valence-electron chi connectivity index (χ4n) is 3.50. The normalized spacial score (nSPS) is 15.9. The maximum Gasteiger partial charge on any atom is 0.191 e. The van der Waals surface area contributed by atoms with Crippen LogP contribution in [0.5, 0.6) is 0 Å². The second-order valence-electron chi connectivity index (χ2n) is 7.21. The highest BCUT2D eigenvalue weighted by Crippen LogP contribution is 2.21. The molecule has 1 unspecified atom stereocenters. The smallest absolute Gasteiger partial charge is 0.191 e. The van der Waals surface area contributed by atoms with Gasteiger partial charge in [0, 0.05) is 31.7 Å². The number of nitriles is 1. The number of aliphatic imine (C=N–C) groups is 1. The van der Waals surface area contributed by atoms with Gasteiger partial charge in [0.2, 0.25) is 0 Å². The van der Waals surface area contributed by atoms with Crippen LogP contribution in [0.4, 0.5) is 8.78 Å². The van der Waals surface area contributed by atoms with E-state index >= 15 is 0 Å². The van der Waals surface area contributed by atoms with E-state index in [1.165, 1.54) is 30.3 Å². The molecule has 0 spiro atoms. The summed E-state index contributed by atoms with van der Waals surface area (Å²) in [6.45, 7) is 6.11. The molecule has 1 fully saturated rings. The molecule has 0 aliphatic carbocycles. The lowest BCUT2D eigenvalue weighted by Crippen LogP contribution is -2.46. The van der Waals surface area contributed by atoms with Crippen molar-refractivity contribution in [2.75, 3.05) is 39.4 Å². The number of rotatable bonds is 7. The van der Waals surface area contributed by atoms with Gasteiger partial charge in [0.25, 0.3) is 0 Å². The van der Waals surface area contributed by atoms with Crippen molar-refractivity contribution in [2.24, 2.45) is 4.99 Å². The molecule has 6 nitrogen and oxygen atoms in total. The summed E-state index contributed by atoms with van der Waals surface area (Å²) in [6.07, 6.45) is 0. The summed E-state index contributed by atoms with van der Waals surface area (Å²) in [5.74, 6) is -0.116. The first-order valence-corrected chi connectivity index (χ1v) is 10.4. The monoisotopic (exact) mass is 427 g/mol. The number of nitrogens with one attached hydrogen (secondary N) is 2.